The molecule has 1 unspecified atom stereocenters. The Morgan fingerprint density at radius 1 is 1.00 bits per heavy atom. The molecular formula is C18H38N2. The molecule has 0 amide bonds. The highest BCUT2D eigenvalue weighted by atomic mass is 15.2. The van der Waals surface area contributed by atoms with Gasteiger partial charge in [0.25, 0.3) is 0 Å². The zero-order chi connectivity index (χ0) is 14.8. The quantitative estimate of drug-likeness (QED) is 0.501. The summed E-state index contributed by atoms with van der Waals surface area (Å²) in [5, 5.41) is 0. The van der Waals surface area contributed by atoms with Crippen LogP contribution in [-0.4, -0.2) is 30.1 Å². The molecule has 0 aromatic rings. The summed E-state index contributed by atoms with van der Waals surface area (Å²) in [6.45, 7) is 9.03. The van der Waals surface area contributed by atoms with Gasteiger partial charge < -0.3 is 5.73 Å². The molecule has 120 valence electrons. The van der Waals surface area contributed by atoms with E-state index in [0.717, 1.165) is 18.5 Å². The topological polar surface area (TPSA) is 29.3 Å². The lowest BCUT2D eigenvalue weighted by Gasteiger charge is -2.32. The summed E-state index contributed by atoms with van der Waals surface area (Å²) < 4.78 is 0. The maximum Gasteiger partial charge on any atom is 0.0221 e. The minimum atomic E-state index is 0.639. The monoisotopic (exact) mass is 282 g/mol. The van der Waals surface area contributed by atoms with Crippen molar-refractivity contribution < 1.29 is 0 Å². The second kappa shape index (κ2) is 10.6. The average Bonchev–Trinajstić information content (AvgIpc) is 3.24. The Balaban J connectivity index is 2.16. The van der Waals surface area contributed by atoms with E-state index in [1.165, 1.54) is 70.8 Å². The molecule has 0 radical (unpaired) electrons. The van der Waals surface area contributed by atoms with E-state index in [1.54, 1.807) is 0 Å². The van der Waals surface area contributed by atoms with Gasteiger partial charge in [0.1, 0.15) is 0 Å². The van der Waals surface area contributed by atoms with E-state index in [-0.39, 0.29) is 0 Å². The third kappa shape index (κ3) is 7.64. The van der Waals surface area contributed by atoms with Crippen molar-refractivity contribution >= 4 is 0 Å². The maximum atomic E-state index is 6.05. The van der Waals surface area contributed by atoms with E-state index < -0.39 is 0 Å². The van der Waals surface area contributed by atoms with Crippen LogP contribution in [0.5, 0.6) is 0 Å². The molecule has 1 fully saturated rings. The van der Waals surface area contributed by atoms with Gasteiger partial charge in [-0.3, -0.25) is 4.90 Å². The predicted molar refractivity (Wildman–Crippen MR) is 90.0 cm³/mol. The van der Waals surface area contributed by atoms with Crippen molar-refractivity contribution in [3.63, 3.8) is 0 Å². The first-order valence-corrected chi connectivity index (χ1v) is 9.14. The average molecular weight is 283 g/mol. The van der Waals surface area contributed by atoms with Crippen molar-refractivity contribution in [1.82, 2.24) is 4.90 Å². The standard InChI is InChI=1S/C18H38N2/c1-4-5-6-7-8-9-10-11-18(14-19)20(15-16(2)3)17-12-13-17/h16-18H,4-15,19H2,1-3H3. The molecule has 0 heterocycles. The van der Waals surface area contributed by atoms with Crippen molar-refractivity contribution in [1.29, 1.82) is 0 Å². The minimum absolute atomic E-state index is 0.639. The molecule has 2 heteroatoms. The van der Waals surface area contributed by atoms with Crippen molar-refractivity contribution in [2.45, 2.75) is 97.1 Å². The van der Waals surface area contributed by atoms with Crippen LogP contribution in [0.15, 0.2) is 0 Å². The van der Waals surface area contributed by atoms with E-state index in [0.29, 0.717) is 6.04 Å². The normalized spacial score (nSPS) is 17.1. The van der Waals surface area contributed by atoms with Gasteiger partial charge in [-0.05, 0) is 25.2 Å². The first-order valence-electron chi connectivity index (χ1n) is 9.14. The molecule has 0 saturated heterocycles. The van der Waals surface area contributed by atoms with E-state index in [2.05, 4.69) is 25.7 Å². The molecule has 1 rings (SSSR count). The van der Waals surface area contributed by atoms with Crippen molar-refractivity contribution in [3.8, 4) is 0 Å². The van der Waals surface area contributed by atoms with Gasteiger partial charge in [0.15, 0.2) is 0 Å². The number of hydrogen-bond donors (Lipinski definition) is 1. The van der Waals surface area contributed by atoms with E-state index >= 15 is 0 Å². The Hall–Kier alpha value is -0.0800. The van der Waals surface area contributed by atoms with Gasteiger partial charge in [-0.25, -0.2) is 0 Å². The van der Waals surface area contributed by atoms with Gasteiger partial charge in [-0.1, -0.05) is 65.7 Å². The second-order valence-corrected chi connectivity index (χ2v) is 7.12. The fourth-order valence-electron chi connectivity index (χ4n) is 3.18. The molecule has 2 nitrogen and oxygen atoms in total. The molecule has 0 aliphatic heterocycles. The molecule has 1 aliphatic rings. The third-order valence-electron chi connectivity index (χ3n) is 4.47. The number of nitrogens with zero attached hydrogens (tertiary/aromatic N) is 1. The summed E-state index contributed by atoms with van der Waals surface area (Å²) in [5.41, 5.74) is 6.05. The molecule has 0 aromatic carbocycles. The van der Waals surface area contributed by atoms with Crippen LogP contribution < -0.4 is 5.73 Å². The highest BCUT2D eigenvalue weighted by Crippen LogP contribution is 2.30. The Morgan fingerprint density at radius 3 is 2.10 bits per heavy atom. The van der Waals surface area contributed by atoms with Crippen molar-refractivity contribution in [2.24, 2.45) is 11.7 Å². The fourth-order valence-corrected chi connectivity index (χ4v) is 3.18. The first kappa shape index (κ1) is 18.0. The van der Waals surface area contributed by atoms with Gasteiger partial charge in [0.05, 0.1) is 0 Å². The van der Waals surface area contributed by atoms with Crippen LogP contribution in [0.1, 0.15) is 85.0 Å². The largest absolute Gasteiger partial charge is 0.329 e. The Morgan fingerprint density at radius 2 is 1.60 bits per heavy atom. The summed E-state index contributed by atoms with van der Waals surface area (Å²) in [5.74, 6) is 0.763. The highest BCUT2D eigenvalue weighted by molar-refractivity contribution is 4.89. The Kier molecular flexibility index (Phi) is 9.54. The number of rotatable bonds is 13. The molecule has 1 atom stereocenters. The molecule has 2 N–H and O–H groups in total. The van der Waals surface area contributed by atoms with Gasteiger partial charge in [-0.2, -0.15) is 0 Å². The van der Waals surface area contributed by atoms with Crippen molar-refractivity contribution in [2.75, 3.05) is 13.1 Å². The second-order valence-electron chi connectivity index (χ2n) is 7.12. The molecule has 1 aliphatic carbocycles. The molecule has 1 saturated carbocycles. The molecule has 20 heavy (non-hydrogen) atoms. The SMILES string of the molecule is CCCCCCCCCC(CN)N(CC(C)C)C1CC1. The van der Waals surface area contributed by atoms with E-state index in [1.807, 2.05) is 0 Å². The van der Waals surface area contributed by atoms with E-state index in [4.69, 9.17) is 5.73 Å². The van der Waals surface area contributed by atoms with Crippen LogP contribution in [0.2, 0.25) is 0 Å². The summed E-state index contributed by atoms with van der Waals surface area (Å²) in [7, 11) is 0. The predicted octanol–water partition coefficient (Wildman–Crippen LogP) is 4.57. The summed E-state index contributed by atoms with van der Waals surface area (Å²) in [4.78, 5) is 2.72. The zero-order valence-corrected chi connectivity index (χ0v) is 14.2. The number of hydrogen-bond acceptors (Lipinski definition) is 2. The molecular weight excluding hydrogens is 244 g/mol. The van der Waals surface area contributed by atoms with Crippen LogP contribution in [0.3, 0.4) is 0 Å². The third-order valence-corrected chi connectivity index (χ3v) is 4.47. The lowest BCUT2D eigenvalue weighted by atomic mass is 10.0. The Labute approximate surface area is 127 Å². The van der Waals surface area contributed by atoms with Crippen LogP contribution in [-0.2, 0) is 0 Å². The van der Waals surface area contributed by atoms with Crippen LogP contribution in [0, 0.1) is 5.92 Å². The number of nitrogens with two attached hydrogens (primary N) is 1. The molecule has 0 aromatic heterocycles. The highest BCUT2D eigenvalue weighted by Gasteiger charge is 2.33. The molecule has 0 bridgehead atoms. The summed E-state index contributed by atoms with van der Waals surface area (Å²) in [6, 6.07) is 1.50. The maximum absolute atomic E-state index is 6.05. The van der Waals surface area contributed by atoms with Crippen LogP contribution in [0.25, 0.3) is 0 Å². The Bertz CT molecular complexity index is 223. The van der Waals surface area contributed by atoms with Crippen LogP contribution in [0.4, 0.5) is 0 Å². The lowest BCUT2D eigenvalue weighted by Crippen LogP contribution is -2.44. The number of unbranched alkanes of at least 4 members (excludes halogenated alkanes) is 6. The zero-order valence-electron chi connectivity index (χ0n) is 14.2. The summed E-state index contributed by atoms with van der Waals surface area (Å²) in [6.07, 6.45) is 13.9. The smallest absolute Gasteiger partial charge is 0.0221 e. The minimum Gasteiger partial charge on any atom is -0.329 e. The fraction of sp³-hybridized carbons (Fsp3) is 1.00. The summed E-state index contributed by atoms with van der Waals surface area (Å²) >= 11 is 0. The lowest BCUT2D eigenvalue weighted by molar-refractivity contribution is 0.158. The van der Waals surface area contributed by atoms with Gasteiger partial charge in [-0.15, -0.1) is 0 Å². The van der Waals surface area contributed by atoms with Gasteiger partial charge in [0, 0.05) is 25.2 Å². The van der Waals surface area contributed by atoms with Gasteiger partial charge in [0.2, 0.25) is 0 Å². The van der Waals surface area contributed by atoms with Crippen molar-refractivity contribution in [3.05, 3.63) is 0 Å². The van der Waals surface area contributed by atoms with E-state index in [9.17, 15) is 0 Å². The van der Waals surface area contributed by atoms with Gasteiger partial charge >= 0.3 is 0 Å². The van der Waals surface area contributed by atoms with Crippen LogP contribution >= 0.6 is 0 Å². The molecule has 0 spiro atoms. The first-order chi connectivity index (χ1) is 9.69.